The number of terminal acetylenes is 1. The number of ether oxygens (including phenoxy) is 7. The number of phenolic OH excluding ortho intramolecular Hbond substituents is 1. The lowest BCUT2D eigenvalue weighted by atomic mass is 9.97. The van der Waals surface area contributed by atoms with E-state index in [4.69, 9.17) is 39.6 Å². The van der Waals surface area contributed by atoms with Crippen LogP contribution in [0, 0.1) is 88.4 Å². The van der Waals surface area contributed by atoms with E-state index in [2.05, 4.69) is 98.6 Å². The summed E-state index contributed by atoms with van der Waals surface area (Å²) in [4.78, 5) is 61.5. The monoisotopic (exact) mass is 1390 g/mol. The van der Waals surface area contributed by atoms with Gasteiger partial charge in [0.05, 0.1) is 42.7 Å². The molecule has 18 heteroatoms. The highest BCUT2D eigenvalue weighted by Crippen LogP contribution is 2.34. The number of phenols is 1. The van der Waals surface area contributed by atoms with Crippen LogP contribution < -0.4 is 0 Å². The van der Waals surface area contributed by atoms with Crippen LogP contribution in [0.2, 0.25) is 51.4 Å². The topological polar surface area (TPSA) is 231 Å². The molecule has 3 aliphatic rings. The molecule has 16 nitrogen and oxygen atoms in total. The van der Waals surface area contributed by atoms with Gasteiger partial charge in [-0.25, -0.2) is 14.4 Å². The summed E-state index contributed by atoms with van der Waals surface area (Å²) in [5, 5.41) is 40.9. The molecular weight excluding hydrogens is 1270 g/mol. The van der Waals surface area contributed by atoms with Crippen LogP contribution in [-0.2, 0) is 42.7 Å². The van der Waals surface area contributed by atoms with Crippen molar-refractivity contribution in [1.82, 2.24) is 0 Å². The number of aryl methyl sites for hydroxylation is 5. The minimum atomic E-state index is -1.53. The van der Waals surface area contributed by atoms with E-state index in [-0.39, 0.29) is 53.7 Å². The Balaban J connectivity index is 0.000000368. The molecule has 2 saturated heterocycles. The first-order valence-corrected chi connectivity index (χ1v) is 41.8. The van der Waals surface area contributed by atoms with Crippen LogP contribution in [0.3, 0.4) is 0 Å². The molecule has 540 valence electrons. The molecule has 4 unspecified atom stereocenters. The van der Waals surface area contributed by atoms with Gasteiger partial charge < -0.3 is 58.4 Å². The average molecular weight is 1390 g/mol. The number of carbonyl (C=O) groups excluding carboxylic acids is 5. The Morgan fingerprint density at radius 2 is 1.16 bits per heavy atom. The van der Waals surface area contributed by atoms with Gasteiger partial charge in [0.2, 0.25) is 0 Å². The van der Waals surface area contributed by atoms with Crippen molar-refractivity contribution in [3.8, 4) is 29.9 Å². The highest BCUT2D eigenvalue weighted by molar-refractivity contribution is 6.76. The molecule has 3 aliphatic heterocycles. The van der Waals surface area contributed by atoms with Crippen molar-refractivity contribution in [2.75, 3.05) is 13.2 Å². The largest absolute Gasteiger partial charge is 0.507 e. The fourth-order valence-electron chi connectivity index (χ4n) is 10.3. The van der Waals surface area contributed by atoms with Gasteiger partial charge in [-0.1, -0.05) is 184 Å². The van der Waals surface area contributed by atoms with Crippen molar-refractivity contribution in [2.45, 2.75) is 249 Å². The molecule has 0 bridgehead atoms. The standard InChI is InChI=1S/C30H46O5Si.C23H34O5Si.C20H24O6.C7H12/c1-20(2)22(4)14-15-25(31)28-26(34-30(6,7)35-28)13-11-12-24-19-21(3)18-23(5)27(24)29(32)33-16-17-36(8,9)10;1-16-13-17(2)21(22(25)26-11-12-29(5,6)7)18(14-16)9-8-10-19-20(15-24)28-23(3,4)27-19;1-11-9-14-5-4-6-15(21)19(24)16(22)8-7-12(2)13(3)26-20(25)18(14)17(23)10-11;1-5-7(4)6(2)3/h11-12,18-20,22,25-26,28,31H,13,16-17H2,1-10H3;8-9,13-15,19-20H,10-12H2,1-7H3;4-5,7-10,12-13,15,19,21,23-24H,6H2,1-3H3;1,6-7H,2-4H3/b12-11+;9-8+;5-4+,8-7-;/t22-,25?,26-,28+;19-,20+;12-,13?,15?,19?;7-/m0011/s1. The molecule has 0 saturated carbocycles. The summed E-state index contributed by atoms with van der Waals surface area (Å²) in [6, 6.07) is 13.0. The molecule has 6 rings (SSSR count). The fraction of sp³-hybridized carbons (Fsp3) is 0.562. The van der Waals surface area contributed by atoms with Crippen LogP contribution in [0.1, 0.15) is 178 Å². The van der Waals surface area contributed by atoms with Gasteiger partial charge in [0.25, 0.3) is 0 Å². The SMILES string of the molecule is C#C[C@@H](C)C(C)C.Cc1cc(C)c(C(=O)OCC[Si](C)(C)C)c(/C=C/C[C@@H]2OC(C)(C)O[C@@H]2C(O)C#C[C@H](C)C(C)C)c1.Cc1cc(C)c(C(=O)OCC[Si](C)(C)C)c(/C=C/C[C@@H]2OC(C)(C)O[C@@H]2C=O)c1.Cc1cc(O)c2c(c1)/C=C/CC(O)C(O)C(=O)/C=C\[C@@H](C)C(C)OC2=O. The zero-order chi connectivity index (χ0) is 74.4. The zero-order valence-corrected chi connectivity index (χ0v) is 64.9. The third kappa shape index (κ3) is 29.0. The Kier molecular flexibility index (Phi) is 34.0. The summed E-state index contributed by atoms with van der Waals surface area (Å²) < 4.78 is 40.2. The number of rotatable bonds is 18. The second kappa shape index (κ2) is 38.9. The molecule has 0 aliphatic carbocycles. The number of esters is 3. The van der Waals surface area contributed by atoms with E-state index in [9.17, 15) is 44.4 Å². The summed E-state index contributed by atoms with van der Waals surface area (Å²) in [5.41, 5.74) is 8.02. The first kappa shape index (κ1) is 85.7. The quantitative estimate of drug-likeness (QED) is 0.0305. The van der Waals surface area contributed by atoms with Gasteiger partial charge >= 0.3 is 17.9 Å². The summed E-state index contributed by atoms with van der Waals surface area (Å²) in [5.74, 6) is 6.52. The summed E-state index contributed by atoms with van der Waals surface area (Å²) in [6.45, 7) is 47.5. The van der Waals surface area contributed by atoms with Crippen LogP contribution in [0.15, 0.2) is 66.8 Å². The number of aromatic hydroxyl groups is 1. The molecule has 2 fully saturated rings. The van der Waals surface area contributed by atoms with Crippen LogP contribution in [0.5, 0.6) is 5.75 Å². The number of cyclic esters (lactones) is 1. The van der Waals surface area contributed by atoms with Crippen LogP contribution in [0.25, 0.3) is 18.2 Å². The molecule has 0 spiro atoms. The Labute approximate surface area is 588 Å². The highest BCUT2D eigenvalue weighted by atomic mass is 28.3. The van der Waals surface area contributed by atoms with E-state index in [1.807, 2.05) is 90.1 Å². The lowest BCUT2D eigenvalue weighted by Gasteiger charge is -2.20. The molecule has 98 heavy (non-hydrogen) atoms. The smallest absolute Gasteiger partial charge is 0.342 e. The maximum absolute atomic E-state index is 13.0. The summed E-state index contributed by atoms with van der Waals surface area (Å²) >= 11 is 0. The zero-order valence-electron chi connectivity index (χ0n) is 62.9. The second-order valence-corrected chi connectivity index (χ2v) is 41.5. The maximum Gasteiger partial charge on any atom is 0.342 e. The van der Waals surface area contributed by atoms with Crippen molar-refractivity contribution >= 4 is 64.4 Å². The Morgan fingerprint density at radius 3 is 1.63 bits per heavy atom. The molecule has 0 amide bonds. The molecule has 11 atom stereocenters. The number of carbonyl (C=O) groups is 5. The van der Waals surface area contributed by atoms with Gasteiger partial charge in [-0.15, -0.1) is 12.3 Å². The molecule has 3 aromatic carbocycles. The minimum Gasteiger partial charge on any atom is -0.507 e. The number of ketones is 1. The predicted octanol–water partition coefficient (Wildman–Crippen LogP) is 15.4. The number of aliphatic hydroxyl groups is 3. The summed E-state index contributed by atoms with van der Waals surface area (Å²) in [6.07, 6.45) is 14.4. The van der Waals surface area contributed by atoms with E-state index >= 15 is 0 Å². The van der Waals surface area contributed by atoms with Crippen LogP contribution >= 0.6 is 0 Å². The normalized spacial score (nSPS) is 23.1. The lowest BCUT2D eigenvalue weighted by molar-refractivity contribution is -0.152. The fourth-order valence-corrected chi connectivity index (χ4v) is 11.7. The Hall–Kier alpha value is -6.56. The third-order valence-electron chi connectivity index (χ3n) is 17.0. The Morgan fingerprint density at radius 1 is 0.684 bits per heavy atom. The lowest BCUT2D eigenvalue weighted by Crippen LogP contribution is -2.34. The van der Waals surface area contributed by atoms with Gasteiger partial charge in [-0.2, -0.15) is 0 Å². The number of fused-ring (bicyclic) bond motifs is 1. The maximum atomic E-state index is 13.0. The van der Waals surface area contributed by atoms with E-state index in [0.29, 0.717) is 60.5 Å². The average Bonchev–Trinajstić information content (AvgIpc) is 1.19. The van der Waals surface area contributed by atoms with Gasteiger partial charge in [-0.3, -0.25) is 4.79 Å². The van der Waals surface area contributed by atoms with E-state index in [0.717, 1.165) is 57.3 Å². The third-order valence-corrected chi connectivity index (χ3v) is 20.4. The first-order valence-electron chi connectivity index (χ1n) is 34.4. The van der Waals surface area contributed by atoms with Gasteiger partial charge in [-0.05, 0) is 158 Å². The van der Waals surface area contributed by atoms with Crippen molar-refractivity contribution in [3.63, 3.8) is 0 Å². The molecule has 3 heterocycles. The van der Waals surface area contributed by atoms with Crippen LogP contribution in [-0.4, -0.2) is 140 Å². The van der Waals surface area contributed by atoms with E-state index in [1.165, 1.54) is 24.3 Å². The van der Waals surface area contributed by atoms with Crippen molar-refractivity contribution in [1.29, 1.82) is 0 Å². The van der Waals surface area contributed by atoms with Gasteiger partial charge in [0.1, 0.15) is 41.8 Å². The molecule has 4 N–H and O–H groups in total. The first-order chi connectivity index (χ1) is 45.4. The van der Waals surface area contributed by atoms with E-state index < -0.39 is 76.1 Å². The van der Waals surface area contributed by atoms with Gasteiger partial charge in [0.15, 0.2) is 23.6 Å². The number of aldehydes is 1. The molecule has 3 aromatic rings. The van der Waals surface area contributed by atoms with Gasteiger partial charge in [0, 0.05) is 33.9 Å². The number of hydrogen-bond acceptors (Lipinski definition) is 16. The second-order valence-electron chi connectivity index (χ2n) is 30.3. The Bertz CT molecular complexity index is 3390. The molecule has 0 aromatic heterocycles. The minimum absolute atomic E-state index is 0.00982. The predicted molar refractivity (Wildman–Crippen MR) is 397 cm³/mol. The number of aliphatic hydroxyl groups excluding tert-OH is 3. The van der Waals surface area contributed by atoms with Crippen molar-refractivity contribution < 1.29 is 77.6 Å². The van der Waals surface area contributed by atoms with E-state index in [1.54, 1.807) is 46.8 Å². The molecule has 0 radical (unpaired) electrons. The summed E-state index contributed by atoms with van der Waals surface area (Å²) in [7, 11) is -2.56. The number of hydrogen-bond donors (Lipinski definition) is 4. The van der Waals surface area contributed by atoms with Crippen molar-refractivity contribution in [3.05, 3.63) is 128 Å². The van der Waals surface area contributed by atoms with Crippen molar-refractivity contribution in [2.24, 2.45) is 29.6 Å². The number of benzene rings is 3. The highest BCUT2D eigenvalue weighted by Gasteiger charge is 2.44. The molecular formula is C80H116O16Si2. The van der Waals surface area contributed by atoms with Crippen LogP contribution in [0.4, 0.5) is 0 Å².